The highest BCUT2D eigenvalue weighted by Gasteiger charge is 2.27. The fourth-order valence-electron chi connectivity index (χ4n) is 2.94. The number of hydrogen-bond donors (Lipinski definition) is 2. The van der Waals surface area contributed by atoms with E-state index in [2.05, 4.69) is 15.4 Å². The van der Waals surface area contributed by atoms with Crippen molar-refractivity contribution in [2.75, 3.05) is 12.4 Å². The molecular weight excluding hydrogens is 312 g/mol. The number of carboxylic acid groups (broad SMARTS) is 1. The van der Waals surface area contributed by atoms with Crippen LogP contribution in [0.4, 0.5) is 5.95 Å². The Bertz CT molecular complexity index is 771. The lowest BCUT2D eigenvalue weighted by molar-refractivity contribution is -0.137. The molecule has 1 aromatic carbocycles. The topological polar surface area (TPSA) is 106 Å². The number of amides is 1. The number of nitrogens with zero attached hydrogens (tertiary/aromatic N) is 3. The summed E-state index contributed by atoms with van der Waals surface area (Å²) in [6, 6.07) is 5.79. The molecule has 126 valence electrons. The smallest absolute Gasteiger partial charge is 0.325 e. The minimum atomic E-state index is -1.02. The number of carbonyl (C=O) groups is 2. The van der Waals surface area contributed by atoms with Gasteiger partial charge in [0, 0.05) is 0 Å². The van der Waals surface area contributed by atoms with Crippen LogP contribution in [0.2, 0.25) is 0 Å². The molecule has 0 bridgehead atoms. The first-order valence-electron chi connectivity index (χ1n) is 7.65. The summed E-state index contributed by atoms with van der Waals surface area (Å²) < 4.78 is 6.41. The third kappa shape index (κ3) is 3.37. The summed E-state index contributed by atoms with van der Waals surface area (Å²) in [5, 5.41) is 15.3. The predicted octanol–water partition coefficient (Wildman–Crippen LogP) is 1.43. The van der Waals surface area contributed by atoms with Gasteiger partial charge in [0.2, 0.25) is 11.9 Å². The van der Waals surface area contributed by atoms with Gasteiger partial charge in [0.25, 0.3) is 0 Å². The van der Waals surface area contributed by atoms with E-state index in [-0.39, 0.29) is 24.3 Å². The van der Waals surface area contributed by atoms with Crippen LogP contribution < -0.4 is 10.1 Å². The average Bonchev–Trinajstić information content (AvgIpc) is 2.99. The second-order valence-electron chi connectivity index (χ2n) is 5.66. The molecule has 0 saturated carbocycles. The molecule has 1 aliphatic carbocycles. The van der Waals surface area contributed by atoms with Crippen molar-refractivity contribution in [2.24, 2.45) is 0 Å². The molecule has 1 unspecified atom stereocenters. The summed E-state index contributed by atoms with van der Waals surface area (Å²) in [7, 11) is 1.60. The molecule has 24 heavy (non-hydrogen) atoms. The molecular formula is C16H18N4O4. The van der Waals surface area contributed by atoms with E-state index in [0.717, 1.165) is 40.8 Å². The highest BCUT2D eigenvalue weighted by Crippen LogP contribution is 2.34. The van der Waals surface area contributed by atoms with Crippen LogP contribution >= 0.6 is 0 Å². The quantitative estimate of drug-likeness (QED) is 0.859. The van der Waals surface area contributed by atoms with E-state index in [9.17, 15) is 9.59 Å². The molecule has 0 aliphatic heterocycles. The third-order valence-electron chi connectivity index (χ3n) is 4.05. The van der Waals surface area contributed by atoms with E-state index in [4.69, 9.17) is 9.84 Å². The summed E-state index contributed by atoms with van der Waals surface area (Å²) in [5.74, 6) is -0.688. The Morgan fingerprint density at radius 1 is 1.46 bits per heavy atom. The van der Waals surface area contributed by atoms with E-state index in [1.54, 1.807) is 7.11 Å². The van der Waals surface area contributed by atoms with Crippen LogP contribution in [-0.2, 0) is 22.6 Å². The molecule has 0 radical (unpaired) electrons. The fraction of sp³-hybridized carbons (Fsp3) is 0.375. The number of fused-ring (bicyclic) bond motifs is 1. The van der Waals surface area contributed by atoms with Crippen LogP contribution in [0.3, 0.4) is 0 Å². The maximum absolute atomic E-state index is 12.6. The maximum Gasteiger partial charge on any atom is 0.325 e. The minimum Gasteiger partial charge on any atom is -0.497 e. The number of aryl methyl sites for hydroxylation is 1. The number of carboxylic acids is 1. The van der Waals surface area contributed by atoms with Crippen molar-refractivity contribution in [2.45, 2.75) is 31.7 Å². The van der Waals surface area contributed by atoms with Gasteiger partial charge >= 0.3 is 5.97 Å². The van der Waals surface area contributed by atoms with Crippen LogP contribution in [0.15, 0.2) is 24.5 Å². The van der Waals surface area contributed by atoms with E-state index >= 15 is 0 Å². The Morgan fingerprint density at radius 3 is 3.04 bits per heavy atom. The molecule has 0 fully saturated rings. The van der Waals surface area contributed by atoms with Crippen molar-refractivity contribution >= 4 is 17.8 Å². The third-order valence-corrected chi connectivity index (χ3v) is 4.05. The zero-order chi connectivity index (χ0) is 17.1. The van der Waals surface area contributed by atoms with Crippen LogP contribution in [0, 0.1) is 0 Å². The second-order valence-corrected chi connectivity index (χ2v) is 5.66. The van der Waals surface area contributed by atoms with E-state index in [1.165, 1.54) is 6.33 Å². The monoisotopic (exact) mass is 330 g/mol. The zero-order valence-electron chi connectivity index (χ0n) is 13.2. The Morgan fingerprint density at radius 2 is 2.29 bits per heavy atom. The second kappa shape index (κ2) is 6.69. The van der Waals surface area contributed by atoms with Gasteiger partial charge in [0.15, 0.2) is 0 Å². The molecule has 2 N–H and O–H groups in total. The van der Waals surface area contributed by atoms with Gasteiger partial charge in [-0.05, 0) is 42.5 Å². The van der Waals surface area contributed by atoms with Crippen LogP contribution in [0.25, 0.3) is 0 Å². The van der Waals surface area contributed by atoms with Crippen molar-refractivity contribution in [3.63, 3.8) is 0 Å². The van der Waals surface area contributed by atoms with Crippen molar-refractivity contribution in [1.82, 2.24) is 14.8 Å². The van der Waals surface area contributed by atoms with Crippen molar-refractivity contribution < 1.29 is 19.4 Å². The number of hydrogen-bond acceptors (Lipinski definition) is 5. The summed E-state index contributed by atoms with van der Waals surface area (Å²) in [6.45, 7) is -0.299. The molecule has 8 nitrogen and oxygen atoms in total. The van der Waals surface area contributed by atoms with E-state index in [0.29, 0.717) is 0 Å². The largest absolute Gasteiger partial charge is 0.497 e. The van der Waals surface area contributed by atoms with Crippen molar-refractivity contribution in [3.8, 4) is 5.75 Å². The van der Waals surface area contributed by atoms with Crippen LogP contribution in [0.5, 0.6) is 5.75 Å². The van der Waals surface area contributed by atoms with Crippen LogP contribution in [-0.4, -0.2) is 38.9 Å². The number of methoxy groups -OCH3 is 1. The number of anilines is 1. The standard InChI is InChI=1S/C16H18N4O4/c1-24-11-6-5-10-3-2-4-12(13(10)7-11)15(23)18-16-17-9-20(19-16)8-14(21)22/h5-7,9,12H,2-4,8H2,1H3,(H,21,22)(H,18,19,23). The lowest BCUT2D eigenvalue weighted by Gasteiger charge is -2.24. The Hall–Kier alpha value is -2.90. The molecule has 2 aromatic rings. The molecule has 8 heteroatoms. The summed E-state index contributed by atoms with van der Waals surface area (Å²) in [6.07, 6.45) is 3.89. The zero-order valence-corrected chi connectivity index (χ0v) is 13.2. The summed E-state index contributed by atoms with van der Waals surface area (Å²) >= 11 is 0. The molecule has 1 heterocycles. The number of ether oxygens (including phenoxy) is 1. The Labute approximate surface area is 138 Å². The highest BCUT2D eigenvalue weighted by molar-refractivity contribution is 5.95. The number of carbonyl (C=O) groups excluding carboxylic acids is 1. The normalized spacial score (nSPS) is 16.3. The Kier molecular flexibility index (Phi) is 4.45. The summed E-state index contributed by atoms with van der Waals surface area (Å²) in [4.78, 5) is 27.2. The maximum atomic E-state index is 12.6. The van der Waals surface area contributed by atoms with E-state index < -0.39 is 5.97 Å². The van der Waals surface area contributed by atoms with Crippen molar-refractivity contribution in [1.29, 1.82) is 0 Å². The average molecular weight is 330 g/mol. The number of nitrogens with one attached hydrogen (secondary N) is 1. The predicted molar refractivity (Wildman–Crippen MR) is 85.0 cm³/mol. The molecule has 1 aliphatic rings. The number of rotatable bonds is 5. The lowest BCUT2D eigenvalue weighted by atomic mass is 9.82. The van der Waals surface area contributed by atoms with Gasteiger partial charge in [-0.3, -0.25) is 14.9 Å². The number of aliphatic carboxylic acids is 1. The first kappa shape index (κ1) is 16.0. The molecule has 1 atom stereocenters. The highest BCUT2D eigenvalue weighted by atomic mass is 16.5. The molecule has 1 aromatic heterocycles. The Balaban J connectivity index is 1.76. The van der Waals surface area contributed by atoms with Gasteiger partial charge in [-0.2, -0.15) is 0 Å². The molecule has 3 rings (SSSR count). The van der Waals surface area contributed by atoms with Crippen molar-refractivity contribution in [3.05, 3.63) is 35.7 Å². The van der Waals surface area contributed by atoms with Gasteiger partial charge in [-0.25, -0.2) is 9.67 Å². The molecule has 0 saturated heterocycles. The van der Waals surface area contributed by atoms with Gasteiger partial charge in [-0.1, -0.05) is 6.07 Å². The van der Waals surface area contributed by atoms with Crippen LogP contribution in [0.1, 0.15) is 29.9 Å². The van der Waals surface area contributed by atoms with E-state index in [1.807, 2.05) is 18.2 Å². The van der Waals surface area contributed by atoms with Gasteiger partial charge in [0.05, 0.1) is 13.0 Å². The molecule has 0 spiro atoms. The fourth-order valence-corrected chi connectivity index (χ4v) is 2.94. The van der Waals surface area contributed by atoms with Gasteiger partial charge in [-0.15, -0.1) is 5.10 Å². The number of benzene rings is 1. The van der Waals surface area contributed by atoms with Gasteiger partial charge < -0.3 is 9.84 Å². The first-order chi connectivity index (χ1) is 11.6. The SMILES string of the molecule is COc1ccc2c(c1)C(C(=O)Nc1ncn(CC(=O)O)n1)CCC2. The van der Waals surface area contributed by atoms with Gasteiger partial charge in [0.1, 0.15) is 18.6 Å². The summed E-state index contributed by atoms with van der Waals surface area (Å²) in [5.41, 5.74) is 2.11. The molecule has 1 amide bonds. The lowest BCUT2D eigenvalue weighted by Crippen LogP contribution is -2.25. The first-order valence-corrected chi connectivity index (χ1v) is 7.65. The minimum absolute atomic E-state index is 0.108. The number of aromatic nitrogens is 3.